The van der Waals surface area contributed by atoms with E-state index in [0.29, 0.717) is 25.9 Å². The van der Waals surface area contributed by atoms with Crippen molar-refractivity contribution in [3.05, 3.63) is 29.8 Å². The first-order chi connectivity index (χ1) is 10.2. The number of ether oxygens (including phenoxy) is 3. The molecule has 0 radical (unpaired) electrons. The molecule has 4 nitrogen and oxygen atoms in total. The molecule has 116 valence electrons. The van der Waals surface area contributed by atoms with E-state index in [9.17, 15) is 0 Å². The average molecular weight is 291 g/mol. The summed E-state index contributed by atoms with van der Waals surface area (Å²) in [5, 5.41) is 0. The summed E-state index contributed by atoms with van der Waals surface area (Å²) in [6.07, 6.45) is 0.853. The molecule has 2 N–H and O–H groups in total. The minimum atomic E-state index is -0.0705. The fourth-order valence-electron chi connectivity index (χ4n) is 2.01. The smallest absolute Gasteiger partial charge is 0.146 e. The monoisotopic (exact) mass is 291 g/mol. The molecule has 0 spiro atoms. The Bertz CT molecular complexity index is 447. The fraction of sp³-hybridized carbons (Fsp3) is 0.529. The molecule has 0 aromatic heterocycles. The predicted octanol–water partition coefficient (Wildman–Crippen LogP) is 2.53. The SMILES string of the molecule is CC#CC(N)C[C@@H](C)c1ccc(OCCOCOC)cc1. The van der Waals surface area contributed by atoms with Gasteiger partial charge >= 0.3 is 0 Å². The number of rotatable bonds is 9. The topological polar surface area (TPSA) is 53.7 Å². The van der Waals surface area contributed by atoms with Crippen molar-refractivity contribution < 1.29 is 14.2 Å². The van der Waals surface area contributed by atoms with Gasteiger partial charge in [-0.15, -0.1) is 5.92 Å². The van der Waals surface area contributed by atoms with Gasteiger partial charge in [-0.05, 0) is 37.0 Å². The number of methoxy groups -OCH3 is 1. The maximum absolute atomic E-state index is 5.94. The second kappa shape index (κ2) is 10.2. The molecule has 1 unspecified atom stereocenters. The van der Waals surface area contributed by atoms with Crippen LogP contribution >= 0.6 is 0 Å². The van der Waals surface area contributed by atoms with Gasteiger partial charge in [0.25, 0.3) is 0 Å². The molecule has 0 amide bonds. The molecule has 4 heteroatoms. The summed E-state index contributed by atoms with van der Waals surface area (Å²) in [5.41, 5.74) is 7.18. The van der Waals surface area contributed by atoms with E-state index >= 15 is 0 Å². The first kappa shape index (κ1) is 17.5. The Labute approximate surface area is 127 Å². The van der Waals surface area contributed by atoms with Crippen molar-refractivity contribution in [1.29, 1.82) is 0 Å². The van der Waals surface area contributed by atoms with Crippen molar-refractivity contribution in [2.24, 2.45) is 5.73 Å². The quantitative estimate of drug-likeness (QED) is 0.431. The van der Waals surface area contributed by atoms with Crippen molar-refractivity contribution >= 4 is 0 Å². The third kappa shape index (κ3) is 7.14. The summed E-state index contributed by atoms with van der Waals surface area (Å²) >= 11 is 0. The molecule has 2 atom stereocenters. The molecule has 0 heterocycles. The van der Waals surface area contributed by atoms with Crippen LogP contribution in [0.5, 0.6) is 5.75 Å². The Balaban J connectivity index is 2.40. The van der Waals surface area contributed by atoms with Crippen LogP contribution in [0.4, 0.5) is 0 Å². The molecule has 1 aromatic rings. The van der Waals surface area contributed by atoms with Gasteiger partial charge in [0, 0.05) is 7.11 Å². The van der Waals surface area contributed by atoms with Crippen LogP contribution < -0.4 is 10.5 Å². The maximum Gasteiger partial charge on any atom is 0.146 e. The highest BCUT2D eigenvalue weighted by molar-refractivity contribution is 5.29. The lowest BCUT2D eigenvalue weighted by Crippen LogP contribution is -2.19. The Morgan fingerprint density at radius 2 is 1.90 bits per heavy atom. The second-order valence-corrected chi connectivity index (χ2v) is 4.87. The van der Waals surface area contributed by atoms with Gasteiger partial charge in [-0.25, -0.2) is 0 Å². The summed E-state index contributed by atoms with van der Waals surface area (Å²) in [6, 6.07) is 8.02. The van der Waals surface area contributed by atoms with E-state index in [2.05, 4.69) is 30.9 Å². The highest BCUT2D eigenvalue weighted by atomic mass is 16.7. The van der Waals surface area contributed by atoms with Crippen molar-refractivity contribution in [2.45, 2.75) is 32.2 Å². The summed E-state index contributed by atoms with van der Waals surface area (Å²) in [5.74, 6) is 7.05. The van der Waals surface area contributed by atoms with E-state index in [-0.39, 0.29) is 6.04 Å². The minimum absolute atomic E-state index is 0.0705. The first-order valence-corrected chi connectivity index (χ1v) is 7.14. The Hall–Kier alpha value is -1.54. The van der Waals surface area contributed by atoms with Gasteiger partial charge in [0.05, 0.1) is 12.6 Å². The zero-order valence-electron chi connectivity index (χ0n) is 13.1. The van der Waals surface area contributed by atoms with Crippen LogP contribution in [0.1, 0.15) is 31.7 Å². The van der Waals surface area contributed by atoms with Gasteiger partial charge in [0.2, 0.25) is 0 Å². The zero-order chi connectivity index (χ0) is 15.5. The highest BCUT2D eigenvalue weighted by Gasteiger charge is 2.09. The van der Waals surface area contributed by atoms with Crippen LogP contribution in [0, 0.1) is 11.8 Å². The lowest BCUT2D eigenvalue weighted by atomic mass is 9.94. The van der Waals surface area contributed by atoms with E-state index < -0.39 is 0 Å². The normalized spacial score (nSPS) is 13.1. The van der Waals surface area contributed by atoms with Crippen molar-refractivity contribution in [2.75, 3.05) is 27.1 Å². The van der Waals surface area contributed by atoms with E-state index in [4.69, 9.17) is 19.9 Å². The number of hydrogen-bond donors (Lipinski definition) is 1. The lowest BCUT2D eigenvalue weighted by Gasteiger charge is -2.14. The Kier molecular flexibility index (Phi) is 8.53. The van der Waals surface area contributed by atoms with Crippen LogP contribution in [-0.4, -0.2) is 33.2 Å². The molecular formula is C17H25NO3. The fourth-order valence-corrected chi connectivity index (χ4v) is 2.01. The van der Waals surface area contributed by atoms with Crippen LogP contribution in [0.2, 0.25) is 0 Å². The van der Waals surface area contributed by atoms with Gasteiger partial charge in [-0.2, -0.15) is 0 Å². The van der Waals surface area contributed by atoms with Crippen molar-refractivity contribution in [1.82, 2.24) is 0 Å². The highest BCUT2D eigenvalue weighted by Crippen LogP contribution is 2.22. The molecule has 0 saturated heterocycles. The molecule has 0 aliphatic carbocycles. The summed E-state index contributed by atoms with van der Waals surface area (Å²) < 4.78 is 15.5. The Morgan fingerprint density at radius 3 is 2.52 bits per heavy atom. The third-order valence-electron chi connectivity index (χ3n) is 3.08. The lowest BCUT2D eigenvalue weighted by molar-refractivity contribution is -0.0387. The number of nitrogens with two attached hydrogens (primary N) is 1. The maximum atomic E-state index is 5.94. The zero-order valence-corrected chi connectivity index (χ0v) is 13.1. The van der Waals surface area contributed by atoms with Crippen LogP contribution in [0.3, 0.4) is 0 Å². The molecule has 1 aromatic carbocycles. The summed E-state index contributed by atoms with van der Waals surface area (Å²) in [4.78, 5) is 0. The van der Waals surface area contributed by atoms with E-state index in [1.807, 2.05) is 19.1 Å². The number of hydrogen-bond acceptors (Lipinski definition) is 4. The summed E-state index contributed by atoms with van der Waals surface area (Å²) in [7, 11) is 1.60. The van der Waals surface area contributed by atoms with Crippen LogP contribution in [0.25, 0.3) is 0 Å². The van der Waals surface area contributed by atoms with E-state index in [0.717, 1.165) is 12.2 Å². The van der Waals surface area contributed by atoms with E-state index in [1.54, 1.807) is 7.11 Å². The molecule has 21 heavy (non-hydrogen) atoms. The predicted molar refractivity (Wildman–Crippen MR) is 84.2 cm³/mol. The minimum Gasteiger partial charge on any atom is -0.491 e. The molecule has 0 saturated carbocycles. The molecular weight excluding hydrogens is 266 g/mol. The standard InChI is InChI=1S/C17H25NO3/c1-4-5-16(18)12-14(2)15-6-8-17(9-7-15)21-11-10-20-13-19-3/h6-9,14,16H,10-13,18H2,1-3H3/t14-,16?/m1/s1. The van der Waals surface area contributed by atoms with Crippen molar-refractivity contribution in [3.63, 3.8) is 0 Å². The van der Waals surface area contributed by atoms with Gasteiger partial charge in [-0.1, -0.05) is 25.0 Å². The van der Waals surface area contributed by atoms with E-state index in [1.165, 1.54) is 5.56 Å². The number of benzene rings is 1. The van der Waals surface area contributed by atoms with Crippen LogP contribution in [0.15, 0.2) is 24.3 Å². The average Bonchev–Trinajstić information content (AvgIpc) is 2.48. The molecule has 1 rings (SSSR count). The van der Waals surface area contributed by atoms with Gasteiger partial charge in [0.1, 0.15) is 19.1 Å². The molecule has 0 fully saturated rings. The first-order valence-electron chi connectivity index (χ1n) is 7.14. The van der Waals surface area contributed by atoms with Crippen LogP contribution in [-0.2, 0) is 9.47 Å². The third-order valence-corrected chi connectivity index (χ3v) is 3.08. The summed E-state index contributed by atoms with van der Waals surface area (Å²) in [6.45, 7) is 5.28. The second-order valence-electron chi connectivity index (χ2n) is 4.87. The molecule has 0 bridgehead atoms. The molecule has 0 aliphatic heterocycles. The molecule has 0 aliphatic rings. The van der Waals surface area contributed by atoms with Gasteiger partial charge in [-0.3, -0.25) is 0 Å². The van der Waals surface area contributed by atoms with Gasteiger partial charge in [0.15, 0.2) is 0 Å². The van der Waals surface area contributed by atoms with Gasteiger partial charge < -0.3 is 19.9 Å². The largest absolute Gasteiger partial charge is 0.491 e. The van der Waals surface area contributed by atoms with Crippen molar-refractivity contribution in [3.8, 4) is 17.6 Å². The Morgan fingerprint density at radius 1 is 1.19 bits per heavy atom.